The van der Waals surface area contributed by atoms with Crippen molar-refractivity contribution in [2.75, 3.05) is 30.3 Å². The van der Waals surface area contributed by atoms with Crippen LogP contribution in [0.1, 0.15) is 5.56 Å². The zero-order chi connectivity index (χ0) is 15.6. The van der Waals surface area contributed by atoms with Gasteiger partial charge in [-0.1, -0.05) is 0 Å². The maximum Gasteiger partial charge on any atom is 0.418 e. The van der Waals surface area contributed by atoms with Crippen molar-refractivity contribution < 1.29 is 31.4 Å². The number of aliphatic hydroxyl groups excluding tert-OH is 1. The van der Waals surface area contributed by atoms with Gasteiger partial charge in [-0.3, -0.25) is 0 Å². The first-order valence-corrected chi connectivity index (χ1v) is 5.44. The van der Waals surface area contributed by atoms with Gasteiger partial charge in [-0.15, -0.1) is 0 Å². The molecule has 0 aliphatic carbocycles. The molecule has 0 atom stereocenters. The second kappa shape index (κ2) is 5.78. The molecule has 0 fully saturated rings. The van der Waals surface area contributed by atoms with Gasteiger partial charge in [-0.2, -0.15) is 26.3 Å². The fourth-order valence-corrected chi connectivity index (χ4v) is 1.68. The Balaban J connectivity index is 3.26. The summed E-state index contributed by atoms with van der Waals surface area (Å²) < 4.78 is 75.7. The van der Waals surface area contributed by atoms with E-state index in [4.69, 9.17) is 10.8 Å². The van der Waals surface area contributed by atoms with Crippen LogP contribution in [0.4, 0.5) is 37.7 Å². The highest BCUT2D eigenvalue weighted by molar-refractivity contribution is 5.61. The highest BCUT2D eigenvalue weighted by Gasteiger charge is 2.38. The number of nitrogens with two attached hydrogens (primary N) is 1. The number of aliphatic hydroxyl groups is 1. The van der Waals surface area contributed by atoms with E-state index in [1.165, 1.54) is 0 Å². The fourth-order valence-electron chi connectivity index (χ4n) is 1.68. The quantitative estimate of drug-likeness (QED) is 0.664. The number of halogens is 6. The predicted molar refractivity (Wildman–Crippen MR) is 61.2 cm³/mol. The molecule has 0 aliphatic heterocycles. The van der Waals surface area contributed by atoms with E-state index in [0.29, 0.717) is 11.0 Å². The summed E-state index contributed by atoms with van der Waals surface area (Å²) in [6, 6.07) is 2.50. The number of alkyl halides is 6. The smallest absolute Gasteiger partial charge is 0.399 e. The van der Waals surface area contributed by atoms with Crippen LogP contribution >= 0.6 is 0 Å². The lowest BCUT2D eigenvalue weighted by Gasteiger charge is -2.28. The minimum Gasteiger partial charge on any atom is -0.399 e. The normalized spacial score (nSPS) is 12.6. The van der Waals surface area contributed by atoms with E-state index >= 15 is 0 Å². The Kier molecular flexibility index (Phi) is 4.74. The van der Waals surface area contributed by atoms with Crippen molar-refractivity contribution in [1.29, 1.82) is 0 Å². The van der Waals surface area contributed by atoms with E-state index in [2.05, 4.69) is 0 Å². The van der Waals surface area contributed by atoms with Crippen LogP contribution in [0.3, 0.4) is 0 Å². The maximum atomic E-state index is 12.8. The molecule has 0 bridgehead atoms. The third kappa shape index (κ3) is 4.48. The Morgan fingerprint density at radius 1 is 1.10 bits per heavy atom. The van der Waals surface area contributed by atoms with Crippen LogP contribution in [0.5, 0.6) is 0 Å². The molecule has 1 aromatic carbocycles. The van der Waals surface area contributed by atoms with Crippen LogP contribution < -0.4 is 10.6 Å². The molecule has 0 spiro atoms. The van der Waals surface area contributed by atoms with Gasteiger partial charge in [0.15, 0.2) is 0 Å². The Morgan fingerprint density at radius 2 is 1.70 bits per heavy atom. The minimum atomic E-state index is -4.84. The molecule has 1 rings (SSSR count). The van der Waals surface area contributed by atoms with E-state index in [1.54, 1.807) is 0 Å². The summed E-state index contributed by atoms with van der Waals surface area (Å²) in [5.41, 5.74) is 3.09. The van der Waals surface area contributed by atoms with Gasteiger partial charge in [0.1, 0.15) is 6.54 Å². The van der Waals surface area contributed by atoms with Crippen LogP contribution in [0.15, 0.2) is 18.2 Å². The summed E-state index contributed by atoms with van der Waals surface area (Å²) in [6.45, 7) is -2.88. The molecule has 0 unspecified atom stereocenters. The van der Waals surface area contributed by atoms with Gasteiger partial charge in [0.25, 0.3) is 0 Å². The summed E-state index contributed by atoms with van der Waals surface area (Å²) in [7, 11) is 0. The van der Waals surface area contributed by atoms with Crippen LogP contribution in [0.25, 0.3) is 0 Å². The van der Waals surface area contributed by atoms with Gasteiger partial charge in [0.2, 0.25) is 0 Å². The molecule has 0 saturated carbocycles. The molecule has 9 heteroatoms. The molecule has 0 aromatic heterocycles. The van der Waals surface area contributed by atoms with Crippen molar-refractivity contribution in [1.82, 2.24) is 0 Å². The minimum absolute atomic E-state index is 0.211. The number of hydrogen-bond donors (Lipinski definition) is 2. The molecule has 3 nitrogen and oxygen atoms in total. The zero-order valence-corrected chi connectivity index (χ0v) is 10.1. The van der Waals surface area contributed by atoms with Crippen molar-refractivity contribution in [3.8, 4) is 0 Å². The largest absolute Gasteiger partial charge is 0.418 e. The summed E-state index contributed by atoms with van der Waals surface area (Å²) in [4.78, 5) is 0.419. The molecular formula is C11H12F6N2O. The maximum absolute atomic E-state index is 12.8. The molecule has 20 heavy (non-hydrogen) atoms. The first kappa shape index (κ1) is 16.4. The molecule has 114 valence electrons. The molecule has 0 aliphatic rings. The molecule has 0 amide bonds. The van der Waals surface area contributed by atoms with Crippen molar-refractivity contribution in [2.24, 2.45) is 0 Å². The lowest BCUT2D eigenvalue weighted by Crippen LogP contribution is -2.37. The summed E-state index contributed by atoms with van der Waals surface area (Å²) in [5, 5.41) is 8.73. The molecular weight excluding hydrogens is 290 g/mol. The zero-order valence-electron chi connectivity index (χ0n) is 10.1. The van der Waals surface area contributed by atoms with Gasteiger partial charge in [0.05, 0.1) is 12.2 Å². The van der Waals surface area contributed by atoms with Crippen molar-refractivity contribution >= 4 is 11.4 Å². The highest BCUT2D eigenvalue weighted by atomic mass is 19.4. The van der Waals surface area contributed by atoms with E-state index in [-0.39, 0.29) is 5.69 Å². The van der Waals surface area contributed by atoms with E-state index in [1.807, 2.05) is 0 Å². The van der Waals surface area contributed by atoms with Crippen LogP contribution in [-0.4, -0.2) is 31.0 Å². The third-order valence-electron chi connectivity index (χ3n) is 2.41. The number of rotatable bonds is 4. The lowest BCUT2D eigenvalue weighted by molar-refractivity contribution is -0.138. The van der Waals surface area contributed by atoms with E-state index < -0.39 is 43.3 Å². The van der Waals surface area contributed by atoms with E-state index in [0.717, 1.165) is 12.1 Å². The van der Waals surface area contributed by atoms with Crippen molar-refractivity contribution in [3.63, 3.8) is 0 Å². The van der Waals surface area contributed by atoms with E-state index in [9.17, 15) is 26.3 Å². The number of nitrogens with zero attached hydrogens (tertiary/aromatic N) is 1. The van der Waals surface area contributed by atoms with Crippen molar-refractivity contribution in [3.05, 3.63) is 23.8 Å². The molecule has 0 radical (unpaired) electrons. The first-order chi connectivity index (χ1) is 9.04. The van der Waals surface area contributed by atoms with Gasteiger partial charge in [-0.05, 0) is 18.2 Å². The number of anilines is 2. The van der Waals surface area contributed by atoms with Gasteiger partial charge in [-0.25, -0.2) is 0 Å². The Labute approximate surface area is 110 Å². The van der Waals surface area contributed by atoms with Crippen LogP contribution in [-0.2, 0) is 6.18 Å². The first-order valence-electron chi connectivity index (χ1n) is 5.44. The average Bonchev–Trinajstić information content (AvgIpc) is 2.25. The van der Waals surface area contributed by atoms with Gasteiger partial charge < -0.3 is 15.7 Å². The Morgan fingerprint density at radius 3 is 2.15 bits per heavy atom. The second-order valence-corrected chi connectivity index (χ2v) is 4.03. The Hall–Kier alpha value is -1.64. The standard InChI is InChI=1S/C11H12F6N2O/c12-10(13,14)6-19(3-4-20)9-2-1-7(18)5-8(9)11(15,16)17/h1-2,5,20H,3-4,6,18H2. The lowest BCUT2D eigenvalue weighted by atomic mass is 10.1. The summed E-state index contributed by atoms with van der Waals surface area (Å²) in [6.07, 6.45) is -9.54. The molecule has 1 aromatic rings. The summed E-state index contributed by atoms with van der Waals surface area (Å²) in [5.74, 6) is 0. The van der Waals surface area contributed by atoms with Crippen LogP contribution in [0, 0.1) is 0 Å². The third-order valence-corrected chi connectivity index (χ3v) is 2.41. The SMILES string of the molecule is Nc1ccc(N(CCO)CC(F)(F)F)c(C(F)(F)F)c1. The monoisotopic (exact) mass is 302 g/mol. The Bertz CT molecular complexity index is 457. The number of hydrogen-bond acceptors (Lipinski definition) is 3. The molecule has 3 N–H and O–H groups in total. The van der Waals surface area contributed by atoms with Gasteiger partial charge >= 0.3 is 12.4 Å². The topological polar surface area (TPSA) is 49.5 Å². The number of benzene rings is 1. The van der Waals surface area contributed by atoms with Crippen LogP contribution in [0.2, 0.25) is 0 Å². The van der Waals surface area contributed by atoms with Crippen molar-refractivity contribution in [2.45, 2.75) is 12.4 Å². The molecule has 0 saturated heterocycles. The average molecular weight is 302 g/mol. The summed E-state index contributed by atoms with van der Waals surface area (Å²) >= 11 is 0. The fraction of sp³-hybridized carbons (Fsp3) is 0.455. The number of nitrogen functional groups attached to an aromatic ring is 1. The second-order valence-electron chi connectivity index (χ2n) is 4.03. The van der Waals surface area contributed by atoms with Gasteiger partial charge in [0, 0.05) is 17.9 Å². The molecule has 0 heterocycles. The highest BCUT2D eigenvalue weighted by Crippen LogP contribution is 2.38. The predicted octanol–water partition coefficient (Wildman–Crippen LogP) is 2.65.